The molecule has 1 aromatic carbocycles. The molecule has 0 saturated heterocycles. The molecule has 1 aliphatic rings. The predicted molar refractivity (Wildman–Crippen MR) is 95.1 cm³/mol. The topological polar surface area (TPSA) is 130 Å². The molecule has 2 amide bonds. The van der Waals surface area contributed by atoms with Crippen molar-refractivity contribution in [3.8, 4) is 11.8 Å². The number of primary amides is 1. The molecular weight excluding hydrogens is 334 g/mol. The van der Waals surface area contributed by atoms with Gasteiger partial charge in [0.05, 0.1) is 29.6 Å². The molecule has 8 nitrogen and oxygen atoms in total. The third-order valence-corrected chi connectivity index (χ3v) is 3.98. The lowest BCUT2D eigenvalue weighted by molar-refractivity contribution is -0.117. The number of carbonyl (C=O) groups is 2. The van der Waals surface area contributed by atoms with Crippen LogP contribution in [0.5, 0.6) is 5.75 Å². The molecule has 1 aliphatic carbocycles. The number of anilines is 3. The Bertz CT molecular complexity index is 916. The number of benzene rings is 1. The summed E-state index contributed by atoms with van der Waals surface area (Å²) < 4.78 is 5.29. The van der Waals surface area contributed by atoms with E-state index in [9.17, 15) is 14.9 Å². The van der Waals surface area contributed by atoms with Crippen LogP contribution in [0.3, 0.4) is 0 Å². The number of nitrogens with zero attached hydrogens (tertiary/aromatic N) is 2. The number of nitriles is 1. The fraction of sp³-hybridized carbons (Fsp3) is 0.222. The molecule has 0 unspecified atom stereocenters. The number of rotatable bonds is 6. The van der Waals surface area contributed by atoms with Crippen LogP contribution >= 0.6 is 0 Å². The van der Waals surface area contributed by atoms with E-state index >= 15 is 0 Å². The molecule has 1 saturated carbocycles. The lowest BCUT2D eigenvalue weighted by Gasteiger charge is -2.15. The van der Waals surface area contributed by atoms with Gasteiger partial charge in [-0.05, 0) is 25.0 Å². The van der Waals surface area contributed by atoms with Gasteiger partial charge in [-0.1, -0.05) is 6.07 Å². The normalized spacial score (nSPS) is 12.8. The average Bonchev–Trinajstić information content (AvgIpc) is 3.46. The summed E-state index contributed by atoms with van der Waals surface area (Å²) in [4.78, 5) is 27.7. The molecule has 132 valence electrons. The van der Waals surface area contributed by atoms with E-state index in [1.54, 1.807) is 18.2 Å². The molecule has 1 aromatic heterocycles. The third kappa shape index (κ3) is 3.57. The molecule has 1 fully saturated rings. The summed E-state index contributed by atoms with van der Waals surface area (Å²) >= 11 is 0. The maximum absolute atomic E-state index is 11.9. The largest absolute Gasteiger partial charge is 0.493 e. The Balaban J connectivity index is 1.96. The second kappa shape index (κ2) is 7.11. The van der Waals surface area contributed by atoms with Gasteiger partial charge in [0.2, 0.25) is 5.91 Å². The highest BCUT2D eigenvalue weighted by Gasteiger charge is 2.30. The lowest BCUT2D eigenvalue weighted by Crippen LogP contribution is -2.17. The molecule has 0 aliphatic heterocycles. The summed E-state index contributed by atoms with van der Waals surface area (Å²) in [6, 6.07) is 8.57. The van der Waals surface area contributed by atoms with Crippen LogP contribution in [0.25, 0.3) is 0 Å². The molecule has 1 heterocycles. The van der Waals surface area contributed by atoms with E-state index < -0.39 is 5.91 Å². The van der Waals surface area contributed by atoms with Gasteiger partial charge >= 0.3 is 0 Å². The first-order chi connectivity index (χ1) is 12.5. The minimum absolute atomic E-state index is 0.0245. The Hall–Kier alpha value is -3.60. The van der Waals surface area contributed by atoms with Gasteiger partial charge < -0.3 is 21.1 Å². The zero-order chi connectivity index (χ0) is 18.7. The number of hydrogen-bond acceptors (Lipinski definition) is 6. The number of aromatic nitrogens is 1. The number of amides is 2. The number of methoxy groups -OCH3 is 1. The highest BCUT2D eigenvalue weighted by atomic mass is 16.5. The second-order valence-corrected chi connectivity index (χ2v) is 5.87. The number of pyridine rings is 1. The molecule has 0 radical (unpaired) electrons. The van der Waals surface area contributed by atoms with Crippen molar-refractivity contribution in [1.82, 2.24) is 4.98 Å². The van der Waals surface area contributed by atoms with Crippen molar-refractivity contribution >= 4 is 29.0 Å². The van der Waals surface area contributed by atoms with E-state index in [1.807, 2.05) is 6.07 Å². The minimum atomic E-state index is -0.671. The van der Waals surface area contributed by atoms with Crippen LogP contribution in [0.4, 0.5) is 17.2 Å². The van der Waals surface area contributed by atoms with Crippen molar-refractivity contribution in [2.75, 3.05) is 17.7 Å². The van der Waals surface area contributed by atoms with Crippen LogP contribution in [0.2, 0.25) is 0 Å². The molecule has 8 heteroatoms. The molecular formula is C18H17N5O3. The van der Waals surface area contributed by atoms with Crippen molar-refractivity contribution in [2.24, 2.45) is 11.7 Å². The summed E-state index contributed by atoms with van der Waals surface area (Å²) in [5.74, 6) is -0.0955. The minimum Gasteiger partial charge on any atom is -0.493 e. The van der Waals surface area contributed by atoms with Gasteiger partial charge in [0.15, 0.2) is 5.75 Å². The number of carbonyl (C=O) groups excluding carboxylic acids is 2. The van der Waals surface area contributed by atoms with Gasteiger partial charge in [-0.15, -0.1) is 0 Å². The molecule has 2 aromatic rings. The van der Waals surface area contributed by atoms with Crippen LogP contribution < -0.4 is 21.1 Å². The van der Waals surface area contributed by atoms with Gasteiger partial charge in [0.1, 0.15) is 11.9 Å². The number of ether oxygens (including phenoxy) is 1. The first kappa shape index (κ1) is 17.2. The second-order valence-electron chi connectivity index (χ2n) is 5.87. The van der Waals surface area contributed by atoms with Crippen LogP contribution in [-0.4, -0.2) is 23.9 Å². The fourth-order valence-corrected chi connectivity index (χ4v) is 2.49. The molecule has 0 atom stereocenters. The predicted octanol–water partition coefficient (Wildman–Crippen LogP) is 2.15. The monoisotopic (exact) mass is 351 g/mol. The quantitative estimate of drug-likeness (QED) is 0.731. The molecule has 0 bridgehead atoms. The Kier molecular flexibility index (Phi) is 4.71. The molecule has 4 N–H and O–H groups in total. The van der Waals surface area contributed by atoms with Crippen LogP contribution in [0, 0.1) is 17.2 Å². The molecule has 0 spiro atoms. The number of nitrogens with two attached hydrogens (primary N) is 1. The number of para-hydroxylation sites is 1. The number of nitrogens with one attached hydrogen (secondary N) is 2. The van der Waals surface area contributed by atoms with E-state index in [0.717, 1.165) is 12.8 Å². The first-order valence-corrected chi connectivity index (χ1v) is 7.98. The first-order valence-electron chi connectivity index (χ1n) is 7.98. The van der Waals surface area contributed by atoms with Gasteiger partial charge in [0.25, 0.3) is 5.91 Å². The number of hydrogen-bond donors (Lipinski definition) is 3. The maximum atomic E-state index is 11.9. The average molecular weight is 351 g/mol. The van der Waals surface area contributed by atoms with Gasteiger partial charge in [-0.25, -0.2) is 4.98 Å². The van der Waals surface area contributed by atoms with Crippen molar-refractivity contribution in [3.05, 3.63) is 41.6 Å². The summed E-state index contributed by atoms with van der Waals surface area (Å²) in [7, 11) is 1.45. The van der Waals surface area contributed by atoms with E-state index in [2.05, 4.69) is 15.6 Å². The zero-order valence-corrected chi connectivity index (χ0v) is 14.1. The maximum Gasteiger partial charge on any atom is 0.252 e. The van der Waals surface area contributed by atoms with E-state index in [1.165, 1.54) is 19.4 Å². The van der Waals surface area contributed by atoms with Gasteiger partial charge in [-0.3, -0.25) is 9.59 Å². The Morgan fingerprint density at radius 3 is 2.73 bits per heavy atom. The van der Waals surface area contributed by atoms with Crippen molar-refractivity contribution in [1.29, 1.82) is 5.26 Å². The summed E-state index contributed by atoms with van der Waals surface area (Å²) in [5.41, 5.74) is 6.75. The fourth-order valence-electron chi connectivity index (χ4n) is 2.49. The van der Waals surface area contributed by atoms with Gasteiger partial charge in [0, 0.05) is 18.2 Å². The highest BCUT2D eigenvalue weighted by molar-refractivity contribution is 6.00. The summed E-state index contributed by atoms with van der Waals surface area (Å²) in [6.45, 7) is 0. The summed E-state index contributed by atoms with van der Waals surface area (Å²) in [5, 5.41) is 15.0. The Morgan fingerprint density at radius 1 is 1.35 bits per heavy atom. The Morgan fingerprint density at radius 2 is 2.12 bits per heavy atom. The van der Waals surface area contributed by atoms with Crippen molar-refractivity contribution in [2.45, 2.75) is 12.8 Å². The van der Waals surface area contributed by atoms with Crippen LogP contribution in [0.1, 0.15) is 28.8 Å². The molecule has 3 rings (SSSR count). The third-order valence-electron chi connectivity index (χ3n) is 3.98. The highest BCUT2D eigenvalue weighted by Crippen LogP contribution is 2.33. The van der Waals surface area contributed by atoms with Crippen molar-refractivity contribution < 1.29 is 14.3 Å². The Labute approximate surface area is 150 Å². The smallest absolute Gasteiger partial charge is 0.252 e. The summed E-state index contributed by atoms with van der Waals surface area (Å²) in [6.07, 6.45) is 3.04. The van der Waals surface area contributed by atoms with Gasteiger partial charge in [-0.2, -0.15) is 5.26 Å². The van der Waals surface area contributed by atoms with Crippen LogP contribution in [0.15, 0.2) is 30.5 Å². The zero-order valence-electron chi connectivity index (χ0n) is 14.1. The van der Waals surface area contributed by atoms with E-state index in [4.69, 9.17) is 10.5 Å². The van der Waals surface area contributed by atoms with E-state index in [-0.39, 0.29) is 17.4 Å². The standard InChI is InChI=1S/C18H17N5O3/c1-26-16-11(8-19)3-2-4-13(16)22-14-7-15(21-9-12(14)17(20)24)23-18(25)10-5-6-10/h2-4,7,9-10H,5-6H2,1H3,(H2,20,24)(H2,21,22,23,25). The van der Waals surface area contributed by atoms with Crippen molar-refractivity contribution in [3.63, 3.8) is 0 Å². The van der Waals surface area contributed by atoms with E-state index in [0.29, 0.717) is 28.5 Å². The molecule has 26 heavy (non-hydrogen) atoms. The van der Waals surface area contributed by atoms with Crippen LogP contribution in [-0.2, 0) is 4.79 Å². The SMILES string of the molecule is COc1c(C#N)cccc1Nc1cc(NC(=O)C2CC2)ncc1C(N)=O. The lowest BCUT2D eigenvalue weighted by atomic mass is 10.1.